The standard InChI is InChI=1S/C17H27N/c1-3-14-7-5-9-16(11-14)17(18)12-15-8-4-6-13(2)10-15/h4,6,8,10,14,16-17H,3,5,7,9,11-12,18H2,1-2H3. The lowest BCUT2D eigenvalue weighted by atomic mass is 9.76. The number of hydrogen-bond donors (Lipinski definition) is 1. The fourth-order valence-corrected chi connectivity index (χ4v) is 3.37. The minimum Gasteiger partial charge on any atom is -0.327 e. The first-order chi connectivity index (χ1) is 8.69. The van der Waals surface area contributed by atoms with Crippen LogP contribution in [0, 0.1) is 18.8 Å². The Bertz CT molecular complexity index is 372. The summed E-state index contributed by atoms with van der Waals surface area (Å²) in [5, 5.41) is 0. The van der Waals surface area contributed by atoms with Crippen molar-refractivity contribution in [2.75, 3.05) is 0 Å². The topological polar surface area (TPSA) is 26.0 Å². The Morgan fingerprint density at radius 1 is 1.33 bits per heavy atom. The largest absolute Gasteiger partial charge is 0.327 e. The van der Waals surface area contributed by atoms with Gasteiger partial charge in [0.15, 0.2) is 0 Å². The highest BCUT2D eigenvalue weighted by Crippen LogP contribution is 2.33. The first-order valence-corrected chi connectivity index (χ1v) is 7.50. The molecule has 1 nitrogen and oxygen atoms in total. The summed E-state index contributed by atoms with van der Waals surface area (Å²) in [6, 6.07) is 9.14. The molecule has 0 aliphatic heterocycles. The fourth-order valence-electron chi connectivity index (χ4n) is 3.37. The molecule has 1 aliphatic rings. The lowest BCUT2D eigenvalue weighted by Gasteiger charge is -2.32. The van der Waals surface area contributed by atoms with E-state index in [0.29, 0.717) is 6.04 Å². The van der Waals surface area contributed by atoms with Crippen LogP contribution < -0.4 is 5.73 Å². The predicted molar refractivity (Wildman–Crippen MR) is 78.6 cm³/mol. The molecule has 1 aromatic rings. The molecule has 3 atom stereocenters. The van der Waals surface area contributed by atoms with Crippen LogP contribution in [0.15, 0.2) is 24.3 Å². The van der Waals surface area contributed by atoms with Gasteiger partial charge in [0, 0.05) is 6.04 Å². The highest BCUT2D eigenvalue weighted by molar-refractivity contribution is 5.23. The minimum absolute atomic E-state index is 0.348. The molecule has 0 amide bonds. The maximum Gasteiger partial charge on any atom is 0.0108 e. The fraction of sp³-hybridized carbons (Fsp3) is 0.647. The molecular weight excluding hydrogens is 218 g/mol. The van der Waals surface area contributed by atoms with E-state index in [1.165, 1.54) is 43.2 Å². The molecule has 3 unspecified atom stereocenters. The predicted octanol–water partition coefficient (Wildman–Crippen LogP) is 4.08. The third kappa shape index (κ3) is 3.58. The van der Waals surface area contributed by atoms with E-state index in [9.17, 15) is 0 Å². The van der Waals surface area contributed by atoms with Crippen molar-refractivity contribution in [1.29, 1.82) is 0 Å². The normalized spacial score (nSPS) is 25.9. The van der Waals surface area contributed by atoms with Gasteiger partial charge in [0.05, 0.1) is 0 Å². The van der Waals surface area contributed by atoms with Crippen molar-refractivity contribution in [2.45, 2.75) is 58.4 Å². The van der Waals surface area contributed by atoms with Gasteiger partial charge in [-0.05, 0) is 43.6 Å². The number of nitrogens with two attached hydrogens (primary N) is 1. The smallest absolute Gasteiger partial charge is 0.0108 e. The second-order valence-corrected chi connectivity index (χ2v) is 6.06. The first kappa shape index (κ1) is 13.6. The molecule has 1 heteroatoms. The van der Waals surface area contributed by atoms with Gasteiger partial charge in [-0.25, -0.2) is 0 Å². The number of rotatable bonds is 4. The van der Waals surface area contributed by atoms with E-state index < -0.39 is 0 Å². The summed E-state index contributed by atoms with van der Waals surface area (Å²) in [7, 11) is 0. The van der Waals surface area contributed by atoms with E-state index >= 15 is 0 Å². The van der Waals surface area contributed by atoms with Crippen LogP contribution in [0.25, 0.3) is 0 Å². The Labute approximate surface area is 112 Å². The molecule has 0 heterocycles. The Morgan fingerprint density at radius 2 is 2.17 bits per heavy atom. The third-order valence-electron chi connectivity index (χ3n) is 4.56. The summed E-state index contributed by atoms with van der Waals surface area (Å²) in [6.07, 6.45) is 7.86. The monoisotopic (exact) mass is 245 g/mol. The van der Waals surface area contributed by atoms with E-state index in [2.05, 4.69) is 38.1 Å². The lowest BCUT2D eigenvalue weighted by Crippen LogP contribution is -2.35. The zero-order valence-electron chi connectivity index (χ0n) is 11.9. The molecule has 1 aliphatic carbocycles. The second-order valence-electron chi connectivity index (χ2n) is 6.06. The molecule has 18 heavy (non-hydrogen) atoms. The molecule has 1 aromatic carbocycles. The molecule has 0 spiro atoms. The van der Waals surface area contributed by atoms with Gasteiger partial charge in [-0.15, -0.1) is 0 Å². The summed E-state index contributed by atoms with van der Waals surface area (Å²) in [4.78, 5) is 0. The van der Waals surface area contributed by atoms with Crippen LogP contribution in [0.5, 0.6) is 0 Å². The molecule has 1 saturated carbocycles. The highest BCUT2D eigenvalue weighted by Gasteiger charge is 2.25. The van der Waals surface area contributed by atoms with E-state index in [4.69, 9.17) is 5.73 Å². The molecule has 100 valence electrons. The summed E-state index contributed by atoms with van der Waals surface area (Å²) < 4.78 is 0. The van der Waals surface area contributed by atoms with Gasteiger partial charge >= 0.3 is 0 Å². The van der Waals surface area contributed by atoms with Gasteiger partial charge < -0.3 is 5.73 Å². The van der Waals surface area contributed by atoms with Gasteiger partial charge in [-0.2, -0.15) is 0 Å². The van der Waals surface area contributed by atoms with E-state index in [1.54, 1.807) is 0 Å². The van der Waals surface area contributed by atoms with Crippen LogP contribution in [0.1, 0.15) is 50.2 Å². The second kappa shape index (κ2) is 6.38. The van der Waals surface area contributed by atoms with Gasteiger partial charge in [-0.3, -0.25) is 0 Å². The summed E-state index contributed by atoms with van der Waals surface area (Å²) in [5.41, 5.74) is 9.19. The van der Waals surface area contributed by atoms with E-state index in [0.717, 1.165) is 18.3 Å². The molecule has 1 fully saturated rings. The molecule has 2 rings (SSSR count). The van der Waals surface area contributed by atoms with Gasteiger partial charge in [0.25, 0.3) is 0 Å². The van der Waals surface area contributed by atoms with Crippen LogP contribution in [-0.4, -0.2) is 6.04 Å². The van der Waals surface area contributed by atoms with Crippen LogP contribution in [0.2, 0.25) is 0 Å². The molecule has 0 aromatic heterocycles. The van der Waals surface area contributed by atoms with Crippen LogP contribution in [-0.2, 0) is 6.42 Å². The van der Waals surface area contributed by atoms with E-state index in [-0.39, 0.29) is 0 Å². The summed E-state index contributed by atoms with van der Waals surface area (Å²) >= 11 is 0. The number of hydrogen-bond acceptors (Lipinski definition) is 1. The Hall–Kier alpha value is -0.820. The van der Waals surface area contributed by atoms with E-state index in [1.807, 2.05) is 0 Å². The van der Waals surface area contributed by atoms with Crippen LogP contribution >= 0.6 is 0 Å². The van der Waals surface area contributed by atoms with Gasteiger partial charge in [0.1, 0.15) is 0 Å². The summed E-state index contributed by atoms with van der Waals surface area (Å²) in [6.45, 7) is 4.47. The lowest BCUT2D eigenvalue weighted by molar-refractivity contribution is 0.228. The highest BCUT2D eigenvalue weighted by atomic mass is 14.7. The quantitative estimate of drug-likeness (QED) is 0.850. The van der Waals surface area contributed by atoms with Crippen molar-refractivity contribution in [3.8, 4) is 0 Å². The molecule has 0 radical (unpaired) electrons. The Balaban J connectivity index is 1.93. The number of benzene rings is 1. The minimum atomic E-state index is 0.348. The molecule has 0 saturated heterocycles. The summed E-state index contributed by atoms with van der Waals surface area (Å²) in [5.74, 6) is 1.66. The zero-order chi connectivity index (χ0) is 13.0. The maximum atomic E-state index is 6.45. The van der Waals surface area contributed by atoms with Gasteiger partial charge in [-0.1, -0.05) is 56.0 Å². The van der Waals surface area contributed by atoms with Crippen molar-refractivity contribution in [3.63, 3.8) is 0 Å². The third-order valence-corrected chi connectivity index (χ3v) is 4.56. The Kier molecular flexibility index (Phi) is 4.82. The van der Waals surface area contributed by atoms with Crippen molar-refractivity contribution in [3.05, 3.63) is 35.4 Å². The Morgan fingerprint density at radius 3 is 2.89 bits per heavy atom. The van der Waals surface area contributed by atoms with Crippen molar-refractivity contribution in [2.24, 2.45) is 17.6 Å². The maximum absolute atomic E-state index is 6.45. The average Bonchev–Trinajstić information content (AvgIpc) is 2.39. The SMILES string of the molecule is CCC1CCCC(C(N)Cc2cccc(C)c2)C1. The molecule has 2 N–H and O–H groups in total. The van der Waals surface area contributed by atoms with Crippen LogP contribution in [0.3, 0.4) is 0 Å². The van der Waals surface area contributed by atoms with Crippen molar-refractivity contribution < 1.29 is 0 Å². The van der Waals surface area contributed by atoms with Crippen molar-refractivity contribution in [1.82, 2.24) is 0 Å². The molecular formula is C17H27N. The first-order valence-electron chi connectivity index (χ1n) is 7.50. The van der Waals surface area contributed by atoms with Gasteiger partial charge in [0.2, 0.25) is 0 Å². The molecule has 0 bridgehead atoms. The zero-order valence-corrected chi connectivity index (χ0v) is 11.9. The number of aryl methyl sites for hydroxylation is 1. The van der Waals surface area contributed by atoms with Crippen LogP contribution in [0.4, 0.5) is 0 Å². The average molecular weight is 245 g/mol. The van der Waals surface area contributed by atoms with Crippen molar-refractivity contribution >= 4 is 0 Å².